The summed E-state index contributed by atoms with van der Waals surface area (Å²) in [7, 11) is 2.22. The van der Waals surface area contributed by atoms with Crippen molar-refractivity contribution in [1.29, 1.82) is 0 Å². The van der Waals surface area contributed by atoms with Crippen LogP contribution in [-0.4, -0.2) is 43.7 Å². The van der Waals surface area contributed by atoms with E-state index in [9.17, 15) is 0 Å². The van der Waals surface area contributed by atoms with Gasteiger partial charge in [0.1, 0.15) is 0 Å². The molecular weight excluding hydrogens is 326 g/mol. The van der Waals surface area contributed by atoms with Gasteiger partial charge in [0.05, 0.1) is 0 Å². The Hall–Kier alpha value is -0.580. The van der Waals surface area contributed by atoms with Gasteiger partial charge >= 0.3 is 0 Å². The van der Waals surface area contributed by atoms with Crippen molar-refractivity contribution in [2.24, 2.45) is 0 Å². The van der Waals surface area contributed by atoms with Crippen LogP contribution in [0.5, 0.6) is 0 Å². The van der Waals surface area contributed by atoms with E-state index in [-0.39, 0.29) is 0 Å². The average Bonchev–Trinajstić information content (AvgIpc) is 2.57. The zero-order chi connectivity index (χ0) is 15.4. The number of nitrogens with zero attached hydrogens (tertiary/aromatic N) is 2. The Morgan fingerprint density at radius 2 is 2.10 bits per heavy atom. The molecule has 1 unspecified atom stereocenters. The van der Waals surface area contributed by atoms with Crippen LogP contribution in [0.15, 0.2) is 22.7 Å². The Kier molecular flexibility index (Phi) is 6.08. The first kappa shape index (κ1) is 16.8. The van der Waals surface area contributed by atoms with Gasteiger partial charge in [-0.1, -0.05) is 35.8 Å². The molecule has 4 heteroatoms. The lowest BCUT2D eigenvalue weighted by molar-refractivity contribution is 0.337. The Balaban J connectivity index is 2.11. The van der Waals surface area contributed by atoms with Crippen LogP contribution >= 0.6 is 15.9 Å². The normalized spacial score (nSPS) is 20.9. The molecule has 0 radical (unpaired) electrons. The van der Waals surface area contributed by atoms with Crippen LogP contribution < -0.4 is 10.2 Å². The molecule has 118 valence electrons. The van der Waals surface area contributed by atoms with Crippen LogP contribution in [0.1, 0.15) is 32.8 Å². The molecule has 0 aromatic heterocycles. The number of rotatable bonds is 4. The maximum absolute atomic E-state index is 3.74. The van der Waals surface area contributed by atoms with Crippen LogP contribution in [0, 0.1) is 0 Å². The summed E-state index contributed by atoms with van der Waals surface area (Å²) in [6, 6.07) is 7.86. The van der Waals surface area contributed by atoms with Crippen molar-refractivity contribution in [1.82, 2.24) is 10.2 Å². The van der Waals surface area contributed by atoms with Crippen LogP contribution in [0.25, 0.3) is 0 Å². The van der Waals surface area contributed by atoms with Crippen molar-refractivity contribution in [2.75, 3.05) is 31.6 Å². The number of hydrogen-bond donors (Lipinski definition) is 1. The smallest absolute Gasteiger partial charge is 0.0388 e. The molecule has 1 N–H and O–H groups in total. The summed E-state index contributed by atoms with van der Waals surface area (Å²) in [5, 5.41) is 3.48. The fraction of sp³-hybridized carbons (Fsp3) is 0.647. The zero-order valence-electron chi connectivity index (χ0n) is 13.7. The van der Waals surface area contributed by atoms with Gasteiger partial charge in [-0.15, -0.1) is 0 Å². The predicted octanol–water partition coefficient (Wildman–Crippen LogP) is 3.48. The van der Waals surface area contributed by atoms with Crippen molar-refractivity contribution in [3.63, 3.8) is 0 Å². The summed E-state index contributed by atoms with van der Waals surface area (Å²) in [5.74, 6) is 0. The second kappa shape index (κ2) is 7.61. The third-order valence-corrected chi connectivity index (χ3v) is 4.85. The standard InChI is InChI=1S/C17H28BrN3/c1-13(2)19-11-15-6-7-16(10-17(15)18)21-9-5-8-20(4)12-14(21)3/h6-7,10,13-14,19H,5,8-9,11-12H2,1-4H3. The largest absolute Gasteiger partial charge is 0.367 e. The topological polar surface area (TPSA) is 18.5 Å². The highest BCUT2D eigenvalue weighted by Gasteiger charge is 2.20. The van der Waals surface area contributed by atoms with Gasteiger partial charge in [-0.2, -0.15) is 0 Å². The zero-order valence-corrected chi connectivity index (χ0v) is 15.3. The predicted molar refractivity (Wildman–Crippen MR) is 95.0 cm³/mol. The fourth-order valence-corrected chi connectivity index (χ4v) is 3.44. The minimum absolute atomic E-state index is 0.512. The van der Waals surface area contributed by atoms with Crippen LogP contribution in [0.2, 0.25) is 0 Å². The lowest BCUT2D eigenvalue weighted by Crippen LogP contribution is -2.37. The summed E-state index contributed by atoms with van der Waals surface area (Å²) in [4.78, 5) is 4.97. The maximum Gasteiger partial charge on any atom is 0.0388 e. The van der Waals surface area contributed by atoms with E-state index in [0.29, 0.717) is 12.1 Å². The Morgan fingerprint density at radius 3 is 2.76 bits per heavy atom. The number of benzene rings is 1. The lowest BCUT2D eigenvalue weighted by atomic mass is 10.1. The van der Waals surface area contributed by atoms with Crippen molar-refractivity contribution in [2.45, 2.75) is 45.8 Å². The summed E-state index contributed by atoms with van der Waals surface area (Å²) < 4.78 is 1.21. The first-order valence-corrected chi connectivity index (χ1v) is 8.73. The summed E-state index contributed by atoms with van der Waals surface area (Å²) in [6.45, 7) is 11.1. The number of likely N-dealkylation sites (N-methyl/N-ethyl adjacent to an activating group) is 1. The van der Waals surface area contributed by atoms with Crippen molar-refractivity contribution >= 4 is 21.6 Å². The lowest BCUT2D eigenvalue weighted by Gasteiger charge is -2.30. The Morgan fingerprint density at radius 1 is 1.33 bits per heavy atom. The molecule has 2 rings (SSSR count). The van der Waals surface area contributed by atoms with E-state index in [1.807, 2.05) is 0 Å². The molecular formula is C17H28BrN3. The average molecular weight is 354 g/mol. The van der Waals surface area contributed by atoms with Crippen LogP contribution in [-0.2, 0) is 6.54 Å². The number of anilines is 1. The third kappa shape index (κ3) is 4.70. The van der Waals surface area contributed by atoms with E-state index < -0.39 is 0 Å². The van der Waals surface area contributed by atoms with E-state index >= 15 is 0 Å². The fourth-order valence-electron chi connectivity index (χ4n) is 2.93. The number of hydrogen-bond acceptors (Lipinski definition) is 3. The van der Waals surface area contributed by atoms with Crippen molar-refractivity contribution in [3.05, 3.63) is 28.2 Å². The molecule has 1 saturated heterocycles. The van der Waals surface area contributed by atoms with E-state index in [4.69, 9.17) is 0 Å². The summed E-state index contributed by atoms with van der Waals surface area (Å²) in [6.07, 6.45) is 1.23. The summed E-state index contributed by atoms with van der Waals surface area (Å²) >= 11 is 3.74. The minimum atomic E-state index is 0.512. The van der Waals surface area contributed by atoms with Gasteiger partial charge in [0, 0.05) is 41.9 Å². The van der Waals surface area contributed by atoms with Gasteiger partial charge in [0.25, 0.3) is 0 Å². The highest BCUT2D eigenvalue weighted by molar-refractivity contribution is 9.10. The molecule has 1 heterocycles. The molecule has 0 aliphatic carbocycles. The Bertz CT molecular complexity index is 461. The quantitative estimate of drug-likeness (QED) is 0.893. The first-order chi connectivity index (χ1) is 9.97. The highest BCUT2D eigenvalue weighted by atomic mass is 79.9. The maximum atomic E-state index is 3.74. The van der Waals surface area contributed by atoms with Crippen LogP contribution in [0.3, 0.4) is 0 Å². The molecule has 0 amide bonds. The Labute approximate surface area is 137 Å². The van der Waals surface area contributed by atoms with E-state index in [1.165, 1.54) is 28.7 Å². The van der Waals surface area contributed by atoms with Crippen LogP contribution in [0.4, 0.5) is 5.69 Å². The van der Waals surface area contributed by atoms with Gasteiger partial charge in [-0.05, 0) is 44.6 Å². The minimum Gasteiger partial charge on any atom is -0.367 e. The molecule has 0 bridgehead atoms. The van der Waals surface area contributed by atoms with Gasteiger partial charge in [-0.25, -0.2) is 0 Å². The number of halogens is 1. The molecule has 1 aliphatic heterocycles. The summed E-state index contributed by atoms with van der Waals surface area (Å²) in [5.41, 5.74) is 2.66. The molecule has 1 atom stereocenters. The monoisotopic (exact) mass is 353 g/mol. The molecule has 0 saturated carbocycles. The molecule has 3 nitrogen and oxygen atoms in total. The second-order valence-corrected chi connectivity index (χ2v) is 7.32. The first-order valence-electron chi connectivity index (χ1n) is 7.94. The molecule has 1 aromatic rings. The molecule has 21 heavy (non-hydrogen) atoms. The molecule has 1 aliphatic rings. The van der Waals surface area contributed by atoms with Crippen molar-refractivity contribution < 1.29 is 0 Å². The molecule has 0 spiro atoms. The molecule has 1 fully saturated rings. The van der Waals surface area contributed by atoms with Crippen molar-refractivity contribution in [3.8, 4) is 0 Å². The van der Waals surface area contributed by atoms with Gasteiger partial charge < -0.3 is 15.1 Å². The number of nitrogens with one attached hydrogen (secondary N) is 1. The van der Waals surface area contributed by atoms with Gasteiger partial charge in [0.2, 0.25) is 0 Å². The highest BCUT2D eigenvalue weighted by Crippen LogP contribution is 2.27. The van der Waals surface area contributed by atoms with E-state index in [2.05, 4.69) is 77.1 Å². The SMILES string of the molecule is CC(C)NCc1ccc(N2CCCN(C)CC2C)cc1Br. The van der Waals surface area contributed by atoms with E-state index in [0.717, 1.165) is 19.6 Å². The van der Waals surface area contributed by atoms with Gasteiger partial charge in [-0.3, -0.25) is 0 Å². The van der Waals surface area contributed by atoms with E-state index in [1.54, 1.807) is 0 Å². The second-order valence-electron chi connectivity index (χ2n) is 6.47. The van der Waals surface area contributed by atoms with Gasteiger partial charge in [0.15, 0.2) is 0 Å². The molecule has 1 aromatic carbocycles. The third-order valence-electron chi connectivity index (χ3n) is 4.12.